The van der Waals surface area contributed by atoms with Gasteiger partial charge in [-0.3, -0.25) is 9.59 Å². The molecular formula is C14H22N4O2S2. The zero-order valence-corrected chi connectivity index (χ0v) is 15.0. The van der Waals surface area contributed by atoms with E-state index in [2.05, 4.69) is 29.4 Å². The average Bonchev–Trinajstić information content (AvgIpc) is 3.05. The second kappa shape index (κ2) is 7.41. The number of aromatic nitrogens is 2. The fourth-order valence-electron chi connectivity index (χ4n) is 2.18. The van der Waals surface area contributed by atoms with Gasteiger partial charge in [-0.15, -0.1) is 10.2 Å². The molecule has 1 aliphatic rings. The Kier molecular flexibility index (Phi) is 5.80. The Morgan fingerprint density at radius 1 is 1.45 bits per heavy atom. The minimum absolute atomic E-state index is 0.0421. The zero-order valence-electron chi connectivity index (χ0n) is 13.3. The van der Waals surface area contributed by atoms with E-state index in [0.29, 0.717) is 16.9 Å². The van der Waals surface area contributed by atoms with Crippen molar-refractivity contribution in [2.24, 2.45) is 5.92 Å². The number of likely N-dealkylation sites (tertiary alicyclic amines) is 1. The first-order chi connectivity index (χ1) is 10.4. The lowest BCUT2D eigenvalue weighted by Gasteiger charge is -2.20. The number of nitrogens with one attached hydrogen (secondary N) is 1. The number of carbonyl (C=O) groups is 2. The van der Waals surface area contributed by atoms with Gasteiger partial charge in [0, 0.05) is 24.3 Å². The number of amides is 2. The van der Waals surface area contributed by atoms with Gasteiger partial charge in [-0.05, 0) is 20.3 Å². The summed E-state index contributed by atoms with van der Waals surface area (Å²) in [7, 11) is 0. The van der Waals surface area contributed by atoms with Crippen LogP contribution in [0.3, 0.4) is 0 Å². The molecule has 0 aromatic carbocycles. The van der Waals surface area contributed by atoms with Crippen LogP contribution in [-0.4, -0.2) is 44.7 Å². The van der Waals surface area contributed by atoms with Gasteiger partial charge in [0.1, 0.15) is 0 Å². The molecule has 8 heteroatoms. The first-order valence-corrected chi connectivity index (χ1v) is 9.20. The first-order valence-electron chi connectivity index (χ1n) is 7.51. The van der Waals surface area contributed by atoms with Crippen molar-refractivity contribution in [1.29, 1.82) is 0 Å². The Bertz CT molecular complexity index is 547. The Morgan fingerprint density at radius 2 is 2.18 bits per heavy atom. The van der Waals surface area contributed by atoms with Gasteiger partial charge >= 0.3 is 0 Å². The highest BCUT2D eigenvalue weighted by atomic mass is 32.2. The van der Waals surface area contributed by atoms with Crippen molar-refractivity contribution in [2.75, 3.05) is 11.9 Å². The van der Waals surface area contributed by atoms with Gasteiger partial charge in [0.05, 0.1) is 5.92 Å². The Morgan fingerprint density at radius 3 is 2.77 bits per heavy atom. The minimum Gasteiger partial charge on any atom is -0.339 e. The van der Waals surface area contributed by atoms with Crippen molar-refractivity contribution in [1.82, 2.24) is 15.1 Å². The van der Waals surface area contributed by atoms with E-state index in [4.69, 9.17) is 0 Å². The highest BCUT2D eigenvalue weighted by molar-refractivity contribution is 8.01. The van der Waals surface area contributed by atoms with E-state index in [-0.39, 0.29) is 30.2 Å². The summed E-state index contributed by atoms with van der Waals surface area (Å²) >= 11 is 3.04. The van der Waals surface area contributed by atoms with Crippen molar-refractivity contribution in [3.05, 3.63) is 0 Å². The lowest BCUT2D eigenvalue weighted by Crippen LogP contribution is -2.33. The molecule has 6 nitrogen and oxygen atoms in total. The molecule has 1 saturated heterocycles. The number of nitrogens with zero attached hydrogens (tertiary/aromatic N) is 3. The summed E-state index contributed by atoms with van der Waals surface area (Å²) in [5.41, 5.74) is 0. The van der Waals surface area contributed by atoms with E-state index in [1.54, 1.807) is 16.7 Å². The Labute approximate surface area is 139 Å². The highest BCUT2D eigenvalue weighted by Crippen LogP contribution is 2.30. The van der Waals surface area contributed by atoms with E-state index in [0.717, 1.165) is 10.8 Å². The third-order valence-corrected chi connectivity index (χ3v) is 5.86. The molecule has 2 rings (SSSR count). The second-order valence-electron chi connectivity index (χ2n) is 5.74. The standard InChI is InChI=1S/C14H22N4O2S2/c1-5-9(4)21-14-17-16-13(22-14)15-12(20)10-6-11(19)18(7-10)8(2)3/h8-10H,5-7H2,1-4H3,(H,15,16,20)/t9-,10+/m1/s1. The lowest BCUT2D eigenvalue weighted by molar-refractivity contribution is -0.129. The van der Waals surface area contributed by atoms with Crippen LogP contribution in [0, 0.1) is 5.92 Å². The van der Waals surface area contributed by atoms with E-state index < -0.39 is 0 Å². The molecule has 2 heterocycles. The SMILES string of the molecule is CC[C@@H](C)Sc1nnc(NC(=O)[C@H]2CC(=O)N(C(C)C)C2)s1. The van der Waals surface area contributed by atoms with Gasteiger partial charge in [0.2, 0.25) is 16.9 Å². The molecule has 2 atom stereocenters. The maximum absolute atomic E-state index is 12.3. The maximum atomic E-state index is 12.3. The number of thioether (sulfide) groups is 1. The van der Waals surface area contributed by atoms with Gasteiger partial charge in [0.15, 0.2) is 4.34 Å². The number of carbonyl (C=O) groups excluding carboxylic acids is 2. The van der Waals surface area contributed by atoms with Crippen LogP contribution in [0.2, 0.25) is 0 Å². The summed E-state index contributed by atoms with van der Waals surface area (Å²) in [6.45, 7) is 8.66. The molecule has 22 heavy (non-hydrogen) atoms. The summed E-state index contributed by atoms with van der Waals surface area (Å²) in [6, 6.07) is 0.130. The van der Waals surface area contributed by atoms with E-state index in [1.165, 1.54) is 11.3 Å². The molecule has 0 aliphatic carbocycles. The largest absolute Gasteiger partial charge is 0.339 e. The summed E-state index contributed by atoms with van der Waals surface area (Å²) in [6.07, 6.45) is 1.33. The van der Waals surface area contributed by atoms with Crippen molar-refractivity contribution in [3.63, 3.8) is 0 Å². The van der Waals surface area contributed by atoms with E-state index >= 15 is 0 Å². The summed E-state index contributed by atoms with van der Waals surface area (Å²) < 4.78 is 0.857. The number of hydrogen-bond donors (Lipinski definition) is 1. The molecule has 1 N–H and O–H groups in total. The Balaban J connectivity index is 1.91. The molecule has 1 fully saturated rings. The van der Waals surface area contributed by atoms with Crippen molar-refractivity contribution >= 4 is 40.0 Å². The van der Waals surface area contributed by atoms with Crippen LogP contribution in [0.25, 0.3) is 0 Å². The molecule has 0 bridgehead atoms. The van der Waals surface area contributed by atoms with Crippen LogP contribution in [0.4, 0.5) is 5.13 Å². The van der Waals surface area contributed by atoms with Gasteiger partial charge in [0.25, 0.3) is 0 Å². The summed E-state index contributed by atoms with van der Waals surface area (Å²) in [4.78, 5) is 25.9. The number of hydrogen-bond acceptors (Lipinski definition) is 6. The molecule has 1 aliphatic heterocycles. The predicted molar refractivity (Wildman–Crippen MR) is 89.1 cm³/mol. The van der Waals surface area contributed by atoms with Gasteiger partial charge in [-0.1, -0.05) is 36.9 Å². The molecular weight excluding hydrogens is 320 g/mol. The molecule has 1 aromatic rings. The quantitative estimate of drug-likeness (QED) is 0.635. The molecule has 1 aromatic heterocycles. The van der Waals surface area contributed by atoms with Crippen LogP contribution in [0.1, 0.15) is 40.5 Å². The van der Waals surface area contributed by atoms with Crippen molar-refractivity contribution in [2.45, 2.75) is 56.2 Å². The van der Waals surface area contributed by atoms with Gasteiger partial charge in [-0.2, -0.15) is 0 Å². The summed E-state index contributed by atoms with van der Waals surface area (Å²) in [5, 5.41) is 11.9. The fraction of sp³-hybridized carbons (Fsp3) is 0.714. The Hall–Kier alpha value is -1.15. The molecule has 0 radical (unpaired) electrons. The van der Waals surface area contributed by atoms with Crippen LogP contribution < -0.4 is 5.32 Å². The molecule has 0 spiro atoms. The second-order valence-corrected chi connectivity index (χ2v) is 8.40. The third-order valence-electron chi connectivity index (χ3n) is 3.67. The van der Waals surface area contributed by atoms with E-state index in [1.807, 2.05) is 13.8 Å². The molecule has 0 saturated carbocycles. The van der Waals surface area contributed by atoms with Crippen LogP contribution in [0.15, 0.2) is 4.34 Å². The molecule has 2 amide bonds. The molecule has 0 unspecified atom stereocenters. The van der Waals surface area contributed by atoms with Gasteiger partial charge in [-0.25, -0.2) is 0 Å². The fourth-order valence-corrected chi connectivity index (χ4v) is 4.18. The van der Waals surface area contributed by atoms with Crippen LogP contribution >= 0.6 is 23.1 Å². The topological polar surface area (TPSA) is 75.2 Å². The van der Waals surface area contributed by atoms with E-state index in [9.17, 15) is 9.59 Å². The van der Waals surface area contributed by atoms with Crippen LogP contribution in [0.5, 0.6) is 0 Å². The van der Waals surface area contributed by atoms with Crippen molar-refractivity contribution < 1.29 is 9.59 Å². The minimum atomic E-state index is -0.301. The smallest absolute Gasteiger partial charge is 0.231 e. The zero-order chi connectivity index (χ0) is 16.3. The van der Waals surface area contributed by atoms with Gasteiger partial charge < -0.3 is 10.2 Å². The number of rotatable bonds is 6. The first kappa shape index (κ1) is 17.2. The normalized spacial score (nSPS) is 19.8. The highest BCUT2D eigenvalue weighted by Gasteiger charge is 2.35. The lowest BCUT2D eigenvalue weighted by atomic mass is 10.1. The van der Waals surface area contributed by atoms with Crippen molar-refractivity contribution in [3.8, 4) is 0 Å². The monoisotopic (exact) mass is 342 g/mol. The maximum Gasteiger partial charge on any atom is 0.231 e. The van der Waals surface area contributed by atoms with Crippen LogP contribution in [-0.2, 0) is 9.59 Å². The summed E-state index contributed by atoms with van der Waals surface area (Å²) in [5.74, 6) is -0.405. The average molecular weight is 342 g/mol. The predicted octanol–water partition coefficient (Wildman–Crippen LogP) is 2.62. The third kappa shape index (κ3) is 4.19. The molecule has 122 valence electrons. The number of anilines is 1.